The molecule has 0 aliphatic rings. The lowest BCUT2D eigenvalue weighted by molar-refractivity contribution is -0.121. The molecule has 1 atom stereocenters. The summed E-state index contributed by atoms with van der Waals surface area (Å²) in [7, 11) is -1.82. The Morgan fingerprint density at radius 2 is 1.30 bits per heavy atom. The Morgan fingerprint density at radius 3 is 1.67 bits per heavy atom. The molecule has 27 heavy (non-hydrogen) atoms. The average molecular weight is 407 g/mol. The van der Waals surface area contributed by atoms with Gasteiger partial charge in [0.2, 0.25) is 11.8 Å². The van der Waals surface area contributed by atoms with Crippen LogP contribution in [0.2, 0.25) is 0 Å². The summed E-state index contributed by atoms with van der Waals surface area (Å²) in [6.07, 6.45) is 3.46. The van der Waals surface area contributed by atoms with Gasteiger partial charge in [-0.3, -0.25) is 9.59 Å². The second kappa shape index (κ2) is 18.3. The maximum Gasteiger partial charge on any atom is 0.505 e. The first kappa shape index (κ1) is 25.9. The Morgan fingerprint density at radius 1 is 0.852 bits per heavy atom. The summed E-state index contributed by atoms with van der Waals surface area (Å²) in [5.74, 6) is -0.178. The van der Waals surface area contributed by atoms with Crippen molar-refractivity contribution in [3.63, 3.8) is 0 Å². The van der Waals surface area contributed by atoms with Crippen LogP contribution in [0, 0.1) is 0 Å². The van der Waals surface area contributed by atoms with Crippen LogP contribution in [0.3, 0.4) is 0 Å². The molecule has 0 bridgehead atoms. The molecule has 0 radical (unpaired) electrons. The molecule has 0 aromatic heterocycles. The summed E-state index contributed by atoms with van der Waals surface area (Å²) in [4.78, 5) is 23.7. The summed E-state index contributed by atoms with van der Waals surface area (Å²) in [6, 6.07) is 0. The van der Waals surface area contributed by atoms with Gasteiger partial charge in [-0.25, -0.2) is 0 Å². The lowest BCUT2D eigenvalue weighted by atomic mass is 10.2. The SMILES string of the molecule is CCOCCCCC(=O)NCC(CNC(=O)CCCCOCC)O[P+](C)=O. The number of carbonyl (C=O) groups is 2. The van der Waals surface area contributed by atoms with E-state index in [1.807, 2.05) is 13.8 Å². The number of hydrogen-bond acceptors (Lipinski definition) is 6. The van der Waals surface area contributed by atoms with Crippen molar-refractivity contribution in [3.8, 4) is 0 Å². The van der Waals surface area contributed by atoms with E-state index in [-0.39, 0.29) is 24.9 Å². The molecule has 0 rings (SSSR count). The lowest BCUT2D eigenvalue weighted by Crippen LogP contribution is -2.40. The molecule has 0 aliphatic carbocycles. The third kappa shape index (κ3) is 18.1. The van der Waals surface area contributed by atoms with Crippen LogP contribution < -0.4 is 10.6 Å². The van der Waals surface area contributed by atoms with E-state index in [0.717, 1.165) is 25.7 Å². The highest BCUT2D eigenvalue weighted by molar-refractivity contribution is 7.38. The molecule has 0 saturated heterocycles. The quantitative estimate of drug-likeness (QED) is 0.267. The van der Waals surface area contributed by atoms with Crippen molar-refractivity contribution in [2.45, 2.75) is 58.5 Å². The maximum absolute atomic E-state index is 11.9. The van der Waals surface area contributed by atoms with Crippen molar-refractivity contribution >= 4 is 19.8 Å². The second-order valence-electron chi connectivity index (χ2n) is 6.08. The third-order valence-corrected chi connectivity index (χ3v) is 4.24. The zero-order chi connectivity index (χ0) is 20.3. The van der Waals surface area contributed by atoms with Crippen LogP contribution in [0.5, 0.6) is 0 Å². The molecule has 0 aliphatic heterocycles. The van der Waals surface area contributed by atoms with E-state index in [2.05, 4.69) is 10.6 Å². The van der Waals surface area contributed by atoms with Gasteiger partial charge in [0.1, 0.15) is 6.10 Å². The summed E-state index contributed by atoms with van der Waals surface area (Å²) in [6.45, 7) is 8.42. The Hall–Kier alpha value is -1.08. The Labute approximate surface area is 163 Å². The van der Waals surface area contributed by atoms with Gasteiger partial charge < -0.3 is 20.1 Å². The molecular weight excluding hydrogens is 371 g/mol. The van der Waals surface area contributed by atoms with Gasteiger partial charge in [-0.2, -0.15) is 0 Å². The van der Waals surface area contributed by atoms with Gasteiger partial charge in [0.15, 0.2) is 6.66 Å². The van der Waals surface area contributed by atoms with Gasteiger partial charge in [-0.05, 0) is 44.1 Å². The minimum Gasteiger partial charge on any atom is -0.382 e. The fourth-order valence-corrected chi connectivity index (χ4v) is 2.83. The summed E-state index contributed by atoms with van der Waals surface area (Å²) in [5, 5.41) is 5.54. The van der Waals surface area contributed by atoms with Crippen molar-refractivity contribution in [1.82, 2.24) is 10.6 Å². The fourth-order valence-electron chi connectivity index (χ4n) is 2.26. The van der Waals surface area contributed by atoms with Gasteiger partial charge in [-0.1, -0.05) is 0 Å². The second-order valence-corrected chi connectivity index (χ2v) is 7.17. The van der Waals surface area contributed by atoms with Crippen LogP contribution in [0.15, 0.2) is 0 Å². The lowest BCUT2D eigenvalue weighted by Gasteiger charge is -2.13. The molecule has 2 N–H and O–H groups in total. The Balaban J connectivity index is 4.00. The van der Waals surface area contributed by atoms with Crippen molar-refractivity contribution in [2.75, 3.05) is 46.2 Å². The first-order chi connectivity index (χ1) is 13.0. The van der Waals surface area contributed by atoms with Gasteiger partial charge in [-0.15, -0.1) is 4.52 Å². The fraction of sp³-hybridized carbons (Fsp3) is 0.889. The van der Waals surface area contributed by atoms with Crippen LogP contribution >= 0.6 is 8.03 Å². The summed E-state index contributed by atoms with van der Waals surface area (Å²) >= 11 is 0. The minimum atomic E-state index is -1.82. The third-order valence-electron chi connectivity index (χ3n) is 3.64. The normalized spacial score (nSPS) is 11.5. The number of hydrogen-bond donors (Lipinski definition) is 2. The van der Waals surface area contributed by atoms with E-state index < -0.39 is 14.1 Å². The van der Waals surface area contributed by atoms with E-state index in [0.29, 0.717) is 39.3 Å². The molecule has 1 unspecified atom stereocenters. The zero-order valence-electron chi connectivity index (χ0n) is 17.0. The first-order valence-electron chi connectivity index (χ1n) is 9.76. The number of carbonyl (C=O) groups excluding carboxylic acids is 2. The molecule has 0 spiro atoms. The molecule has 8 nitrogen and oxygen atoms in total. The monoisotopic (exact) mass is 407 g/mol. The molecule has 0 heterocycles. The number of unbranched alkanes of at least 4 members (excludes halogenated alkanes) is 2. The van der Waals surface area contributed by atoms with Crippen LogP contribution in [-0.4, -0.2) is 64.1 Å². The molecule has 0 fully saturated rings. The number of rotatable bonds is 18. The summed E-state index contributed by atoms with van der Waals surface area (Å²) in [5.41, 5.74) is 0. The maximum atomic E-state index is 11.9. The summed E-state index contributed by atoms with van der Waals surface area (Å²) < 4.78 is 27.1. The molecule has 0 aromatic rings. The molecule has 0 saturated carbocycles. The molecular formula is C18H36N2O6P+. The number of amides is 2. The predicted octanol–water partition coefficient (Wildman–Crippen LogP) is 2.39. The van der Waals surface area contributed by atoms with Crippen molar-refractivity contribution in [2.24, 2.45) is 0 Å². The zero-order valence-corrected chi connectivity index (χ0v) is 17.9. The highest BCUT2D eigenvalue weighted by atomic mass is 31.1. The topological polar surface area (TPSA) is 103 Å². The van der Waals surface area contributed by atoms with Crippen LogP contribution in [0.4, 0.5) is 0 Å². The first-order valence-corrected chi connectivity index (χ1v) is 11.4. The van der Waals surface area contributed by atoms with Crippen LogP contribution in [0.1, 0.15) is 52.4 Å². The highest BCUT2D eigenvalue weighted by Gasteiger charge is 2.21. The highest BCUT2D eigenvalue weighted by Crippen LogP contribution is 2.18. The smallest absolute Gasteiger partial charge is 0.382 e. The standard InChI is InChI=1S/C18H35N2O6P/c1-4-24-12-8-6-10-17(21)19-14-16(26-27(3)23)15-20-18(22)11-7-9-13-25-5-2/h16H,4-15H2,1-3H3,(H-,19,20,21,22)/p+1. The van der Waals surface area contributed by atoms with E-state index in [1.54, 1.807) is 0 Å². The van der Waals surface area contributed by atoms with Gasteiger partial charge in [0.25, 0.3) is 0 Å². The minimum absolute atomic E-state index is 0.0892. The Bertz CT molecular complexity index is 393. The molecule has 2 amide bonds. The van der Waals surface area contributed by atoms with E-state index in [1.165, 1.54) is 6.66 Å². The average Bonchev–Trinajstić information content (AvgIpc) is 2.63. The van der Waals surface area contributed by atoms with Crippen molar-refractivity contribution in [3.05, 3.63) is 0 Å². The van der Waals surface area contributed by atoms with Gasteiger partial charge in [0, 0.05) is 39.3 Å². The van der Waals surface area contributed by atoms with Gasteiger partial charge >= 0.3 is 8.03 Å². The number of ether oxygens (including phenoxy) is 2. The molecule has 158 valence electrons. The van der Waals surface area contributed by atoms with Crippen LogP contribution in [-0.2, 0) is 28.2 Å². The molecule has 9 heteroatoms. The largest absolute Gasteiger partial charge is 0.505 e. The Kier molecular flexibility index (Phi) is 17.6. The van der Waals surface area contributed by atoms with Crippen molar-refractivity contribution < 1.29 is 28.2 Å². The van der Waals surface area contributed by atoms with E-state index in [4.69, 9.17) is 14.0 Å². The van der Waals surface area contributed by atoms with E-state index in [9.17, 15) is 14.2 Å². The van der Waals surface area contributed by atoms with E-state index >= 15 is 0 Å². The van der Waals surface area contributed by atoms with Gasteiger partial charge in [0.05, 0.1) is 13.1 Å². The predicted molar refractivity (Wildman–Crippen MR) is 105 cm³/mol. The van der Waals surface area contributed by atoms with Crippen LogP contribution in [0.25, 0.3) is 0 Å². The number of nitrogens with one attached hydrogen (secondary N) is 2. The van der Waals surface area contributed by atoms with Crippen molar-refractivity contribution in [1.29, 1.82) is 0 Å². The molecule has 0 aromatic carbocycles.